The van der Waals surface area contributed by atoms with Crippen LogP contribution in [0.25, 0.3) is 0 Å². The van der Waals surface area contributed by atoms with E-state index in [1.54, 1.807) is 25.7 Å². The van der Waals surface area contributed by atoms with Gasteiger partial charge in [0.15, 0.2) is 0 Å². The zero-order valence-corrected chi connectivity index (χ0v) is 24.2. The van der Waals surface area contributed by atoms with Crippen LogP contribution in [0, 0.1) is 19.8 Å². The Hall–Kier alpha value is -2.57. The highest BCUT2D eigenvalue weighted by molar-refractivity contribution is 5.92. The third-order valence-electron chi connectivity index (χ3n) is 5.67. The lowest BCUT2D eigenvalue weighted by Gasteiger charge is -2.37. The Kier molecular flexibility index (Phi) is 12.4. The van der Waals surface area contributed by atoms with Gasteiger partial charge in [0.1, 0.15) is 17.7 Å². The van der Waals surface area contributed by atoms with Crippen LogP contribution in [-0.2, 0) is 14.3 Å². The van der Waals surface area contributed by atoms with Gasteiger partial charge < -0.3 is 20.3 Å². The molecule has 1 rings (SSSR count). The normalized spacial score (nSPS) is 13.3. The highest BCUT2D eigenvalue weighted by Crippen LogP contribution is 2.28. The summed E-state index contributed by atoms with van der Waals surface area (Å²) >= 11 is 0. The van der Waals surface area contributed by atoms with Gasteiger partial charge in [0.25, 0.3) is 0 Å². The lowest BCUT2D eigenvalue weighted by atomic mass is 9.96. The van der Waals surface area contributed by atoms with Crippen molar-refractivity contribution in [1.82, 2.24) is 15.5 Å². The van der Waals surface area contributed by atoms with Gasteiger partial charge in [-0.1, -0.05) is 62.9 Å². The smallest absolute Gasteiger partial charge is 0.408 e. The fourth-order valence-corrected chi connectivity index (χ4v) is 4.29. The van der Waals surface area contributed by atoms with Gasteiger partial charge in [-0.25, -0.2) is 4.79 Å². The molecule has 0 aromatic heterocycles. The predicted molar refractivity (Wildman–Crippen MR) is 146 cm³/mol. The summed E-state index contributed by atoms with van der Waals surface area (Å²) in [6.07, 6.45) is 2.75. The summed E-state index contributed by atoms with van der Waals surface area (Å²) < 4.78 is 5.44. The number of carbonyl (C=O) groups is 3. The van der Waals surface area contributed by atoms with Crippen molar-refractivity contribution >= 4 is 17.9 Å². The number of rotatable bonds is 12. The average Bonchev–Trinajstić information content (AvgIpc) is 2.71. The van der Waals surface area contributed by atoms with E-state index < -0.39 is 23.8 Å². The number of unbranched alkanes of at least 4 members (excludes halogenated alkanes) is 2. The van der Waals surface area contributed by atoms with Gasteiger partial charge in [-0.2, -0.15) is 0 Å². The number of carbonyl (C=O) groups excluding carboxylic acids is 3. The molecule has 0 aliphatic rings. The van der Waals surface area contributed by atoms with E-state index in [-0.39, 0.29) is 23.8 Å². The first-order valence-corrected chi connectivity index (χ1v) is 13.3. The molecule has 2 atom stereocenters. The van der Waals surface area contributed by atoms with E-state index in [2.05, 4.69) is 17.6 Å². The van der Waals surface area contributed by atoms with E-state index in [9.17, 15) is 14.4 Å². The Bertz CT molecular complexity index is 854. The van der Waals surface area contributed by atoms with Crippen molar-refractivity contribution < 1.29 is 19.1 Å². The van der Waals surface area contributed by atoms with Gasteiger partial charge in [-0.15, -0.1) is 0 Å². The first kappa shape index (κ1) is 31.5. The number of amides is 3. The molecule has 1 aromatic carbocycles. The Morgan fingerprint density at radius 1 is 0.972 bits per heavy atom. The molecule has 0 fully saturated rings. The molecule has 0 aliphatic carbocycles. The van der Waals surface area contributed by atoms with E-state index in [0.717, 1.165) is 36.0 Å². The fraction of sp³-hybridized carbons (Fsp3) is 0.690. The van der Waals surface area contributed by atoms with Crippen LogP contribution in [-0.4, -0.2) is 47.0 Å². The highest BCUT2D eigenvalue weighted by Gasteiger charge is 2.38. The summed E-state index contributed by atoms with van der Waals surface area (Å²) in [6.45, 7) is 19.8. The third-order valence-corrected chi connectivity index (χ3v) is 5.67. The first-order chi connectivity index (χ1) is 16.7. The van der Waals surface area contributed by atoms with Crippen LogP contribution in [0.15, 0.2) is 18.2 Å². The summed E-state index contributed by atoms with van der Waals surface area (Å²) in [5.74, 6) is -0.360. The van der Waals surface area contributed by atoms with E-state index >= 15 is 0 Å². The molecular weight excluding hydrogens is 454 g/mol. The minimum absolute atomic E-state index is 0.144. The molecule has 7 nitrogen and oxygen atoms in total. The molecule has 2 unspecified atom stereocenters. The zero-order chi connectivity index (χ0) is 27.6. The number of benzene rings is 1. The van der Waals surface area contributed by atoms with E-state index in [4.69, 9.17) is 4.74 Å². The second-order valence-corrected chi connectivity index (χ2v) is 11.5. The Morgan fingerprint density at radius 3 is 2.03 bits per heavy atom. The maximum absolute atomic E-state index is 14.1. The molecule has 0 heterocycles. The number of hydrogen-bond donors (Lipinski definition) is 2. The van der Waals surface area contributed by atoms with E-state index in [1.165, 1.54) is 0 Å². The minimum atomic E-state index is -0.816. The van der Waals surface area contributed by atoms with E-state index in [0.29, 0.717) is 13.0 Å². The zero-order valence-electron chi connectivity index (χ0n) is 24.2. The van der Waals surface area contributed by atoms with Crippen molar-refractivity contribution in [3.63, 3.8) is 0 Å². The SMILES string of the molecule is CCCCCNC(=O)C(c1cc(C)cc(C)c1)N(C(=O)C(CC(C)C)NC(=O)OC(C)(C)C)C(C)C. The maximum Gasteiger partial charge on any atom is 0.408 e. The monoisotopic (exact) mass is 503 g/mol. The maximum atomic E-state index is 14.1. The topological polar surface area (TPSA) is 87.7 Å². The number of hydrogen-bond acceptors (Lipinski definition) is 4. The molecule has 204 valence electrons. The van der Waals surface area contributed by atoms with Gasteiger partial charge in [-0.3, -0.25) is 9.59 Å². The summed E-state index contributed by atoms with van der Waals surface area (Å²) in [5.41, 5.74) is 2.13. The van der Waals surface area contributed by atoms with Crippen LogP contribution >= 0.6 is 0 Å². The predicted octanol–water partition coefficient (Wildman–Crippen LogP) is 5.83. The lowest BCUT2D eigenvalue weighted by Crippen LogP contribution is -2.55. The number of aryl methyl sites for hydroxylation is 2. The number of alkyl carbamates (subject to hydrolysis) is 1. The van der Waals surface area contributed by atoms with Crippen LogP contribution < -0.4 is 10.6 Å². The average molecular weight is 504 g/mol. The second kappa shape index (κ2) is 14.2. The summed E-state index contributed by atoms with van der Waals surface area (Å²) in [7, 11) is 0. The van der Waals surface area contributed by atoms with Crippen LogP contribution in [0.2, 0.25) is 0 Å². The van der Waals surface area contributed by atoms with Crippen molar-refractivity contribution in [3.05, 3.63) is 34.9 Å². The highest BCUT2D eigenvalue weighted by atomic mass is 16.6. The standard InChI is InChI=1S/C29H49N3O4/c1-11-12-13-14-30-26(33)25(23-17-21(6)16-22(7)18-23)32(20(4)5)27(34)24(15-19(2)3)31-28(35)36-29(8,9)10/h16-20,24-25H,11-15H2,1-10H3,(H,30,33)(H,31,35). The molecule has 0 aliphatic heterocycles. The van der Waals surface area contributed by atoms with Crippen LogP contribution in [0.1, 0.15) is 104 Å². The molecule has 0 saturated heterocycles. The molecule has 3 amide bonds. The molecule has 0 spiro atoms. The number of nitrogens with zero attached hydrogens (tertiary/aromatic N) is 1. The third kappa shape index (κ3) is 10.6. The Morgan fingerprint density at radius 2 is 1.56 bits per heavy atom. The van der Waals surface area contributed by atoms with Crippen LogP contribution in [0.5, 0.6) is 0 Å². The minimum Gasteiger partial charge on any atom is -0.444 e. The van der Waals surface area contributed by atoms with Crippen molar-refractivity contribution in [3.8, 4) is 0 Å². The summed E-state index contributed by atoms with van der Waals surface area (Å²) in [5, 5.41) is 5.84. The molecule has 0 bridgehead atoms. The quantitative estimate of drug-likeness (QED) is 0.352. The van der Waals surface area contributed by atoms with Crippen LogP contribution in [0.4, 0.5) is 4.79 Å². The molecule has 0 radical (unpaired) electrons. The molecule has 2 N–H and O–H groups in total. The van der Waals surface area contributed by atoms with Gasteiger partial charge in [0, 0.05) is 12.6 Å². The number of nitrogens with one attached hydrogen (secondary N) is 2. The van der Waals surface area contributed by atoms with Crippen molar-refractivity contribution in [2.24, 2.45) is 5.92 Å². The second-order valence-electron chi connectivity index (χ2n) is 11.5. The van der Waals surface area contributed by atoms with Crippen molar-refractivity contribution in [2.75, 3.05) is 6.54 Å². The van der Waals surface area contributed by atoms with Gasteiger partial charge >= 0.3 is 6.09 Å². The summed E-state index contributed by atoms with van der Waals surface area (Å²) in [4.78, 5) is 41.9. The lowest BCUT2D eigenvalue weighted by molar-refractivity contribution is -0.144. The first-order valence-electron chi connectivity index (χ1n) is 13.3. The Balaban J connectivity index is 3.45. The molecule has 7 heteroatoms. The fourth-order valence-electron chi connectivity index (χ4n) is 4.29. The van der Waals surface area contributed by atoms with Crippen LogP contribution in [0.3, 0.4) is 0 Å². The van der Waals surface area contributed by atoms with Gasteiger partial charge in [0.05, 0.1) is 0 Å². The molecule has 36 heavy (non-hydrogen) atoms. The van der Waals surface area contributed by atoms with Crippen molar-refractivity contribution in [2.45, 2.75) is 119 Å². The molecular formula is C29H49N3O4. The number of ether oxygens (including phenoxy) is 1. The van der Waals surface area contributed by atoms with Gasteiger partial charge in [-0.05, 0) is 72.8 Å². The molecule has 0 saturated carbocycles. The van der Waals surface area contributed by atoms with Crippen molar-refractivity contribution in [1.29, 1.82) is 0 Å². The van der Waals surface area contributed by atoms with E-state index in [1.807, 2.05) is 59.7 Å². The largest absolute Gasteiger partial charge is 0.444 e. The summed E-state index contributed by atoms with van der Waals surface area (Å²) in [6, 6.07) is 4.07. The molecule has 1 aromatic rings. The Labute approximate surface area is 218 Å². The van der Waals surface area contributed by atoms with Gasteiger partial charge in [0.2, 0.25) is 11.8 Å².